The number of nitrogens with one attached hydrogen (secondary N) is 1. The summed E-state index contributed by atoms with van der Waals surface area (Å²) in [6.45, 7) is 5.67. The molecule has 2 heterocycles. The van der Waals surface area contributed by atoms with Crippen LogP contribution in [0.2, 0.25) is 0 Å². The van der Waals surface area contributed by atoms with E-state index in [2.05, 4.69) is 5.32 Å². The summed E-state index contributed by atoms with van der Waals surface area (Å²) in [6.07, 6.45) is -1.22. The highest BCUT2D eigenvalue weighted by molar-refractivity contribution is 5.72. The molecule has 1 unspecified atom stereocenters. The zero-order valence-corrected chi connectivity index (χ0v) is 18.2. The number of hydrogen-bond acceptors (Lipinski definition) is 4. The number of fused-ring (bicyclic) bond motifs is 1. The summed E-state index contributed by atoms with van der Waals surface area (Å²) in [5.41, 5.74) is 1.75. The second kappa shape index (κ2) is 8.41. The molecule has 0 saturated carbocycles. The molecule has 6 nitrogen and oxygen atoms in total. The molecular formula is C24H26F2N2O4. The van der Waals surface area contributed by atoms with Crippen LogP contribution >= 0.6 is 0 Å². The van der Waals surface area contributed by atoms with Crippen molar-refractivity contribution in [3.63, 3.8) is 0 Å². The van der Waals surface area contributed by atoms with Gasteiger partial charge in [-0.15, -0.1) is 0 Å². The molecule has 1 N–H and O–H groups in total. The second-order valence-corrected chi connectivity index (χ2v) is 9.25. The summed E-state index contributed by atoms with van der Waals surface area (Å²) < 4.78 is 38.6. The maximum Gasteiger partial charge on any atom is 0.410 e. The third-order valence-corrected chi connectivity index (χ3v) is 5.62. The van der Waals surface area contributed by atoms with E-state index in [1.54, 1.807) is 25.7 Å². The summed E-state index contributed by atoms with van der Waals surface area (Å²) >= 11 is 0. The molecule has 0 aliphatic carbocycles. The van der Waals surface area contributed by atoms with Crippen LogP contribution in [0.3, 0.4) is 0 Å². The molecule has 170 valence electrons. The average Bonchev–Trinajstić information content (AvgIpc) is 3.04. The highest BCUT2D eigenvalue weighted by Crippen LogP contribution is 2.31. The Morgan fingerprint density at radius 3 is 2.47 bits per heavy atom. The fraction of sp³-hybridized carbons (Fsp3) is 0.417. The van der Waals surface area contributed by atoms with E-state index in [0.717, 1.165) is 17.2 Å². The van der Waals surface area contributed by atoms with Gasteiger partial charge in [-0.1, -0.05) is 24.3 Å². The smallest absolute Gasteiger partial charge is 0.410 e. The van der Waals surface area contributed by atoms with Crippen molar-refractivity contribution in [3.8, 4) is 0 Å². The predicted molar refractivity (Wildman–Crippen MR) is 113 cm³/mol. The van der Waals surface area contributed by atoms with Gasteiger partial charge in [-0.2, -0.15) is 0 Å². The van der Waals surface area contributed by atoms with Crippen molar-refractivity contribution in [2.45, 2.75) is 63.9 Å². The molecule has 0 radical (unpaired) electrons. The van der Waals surface area contributed by atoms with Crippen LogP contribution in [0.5, 0.6) is 0 Å². The standard InChI is InChI=1S/C24H26F2N2O4/c1-24(2,3)32-23(30)28-13-16-7-5-4-6-15(16)11-20(28)21-19(27-22(29)31-21)10-14-8-17(25)12-18(26)9-14/h4-9,12,19-21H,10-11,13H2,1-3H3,(H,27,29)/t19-,20?,21-/m0/s1. The highest BCUT2D eigenvalue weighted by Gasteiger charge is 2.46. The summed E-state index contributed by atoms with van der Waals surface area (Å²) in [5, 5.41) is 2.74. The van der Waals surface area contributed by atoms with E-state index >= 15 is 0 Å². The van der Waals surface area contributed by atoms with Gasteiger partial charge in [-0.25, -0.2) is 18.4 Å². The topological polar surface area (TPSA) is 67.9 Å². The first kappa shape index (κ1) is 22.0. The van der Waals surface area contributed by atoms with Crippen molar-refractivity contribution < 1.29 is 27.8 Å². The summed E-state index contributed by atoms with van der Waals surface area (Å²) in [6, 6.07) is 9.96. The Kier molecular flexibility index (Phi) is 5.79. The largest absolute Gasteiger partial charge is 0.444 e. The molecule has 1 fully saturated rings. The number of benzene rings is 2. The molecule has 2 amide bonds. The number of ether oxygens (including phenoxy) is 2. The Morgan fingerprint density at radius 2 is 1.81 bits per heavy atom. The van der Waals surface area contributed by atoms with Crippen LogP contribution in [0.25, 0.3) is 0 Å². The van der Waals surface area contributed by atoms with Crippen molar-refractivity contribution in [3.05, 3.63) is 70.8 Å². The molecule has 0 aromatic heterocycles. The van der Waals surface area contributed by atoms with Gasteiger partial charge < -0.3 is 14.8 Å². The van der Waals surface area contributed by atoms with Gasteiger partial charge in [0.05, 0.1) is 12.1 Å². The quantitative estimate of drug-likeness (QED) is 0.765. The monoisotopic (exact) mass is 444 g/mol. The summed E-state index contributed by atoms with van der Waals surface area (Å²) in [5.74, 6) is -1.38. The molecular weight excluding hydrogens is 418 g/mol. The lowest BCUT2D eigenvalue weighted by molar-refractivity contribution is -0.0114. The van der Waals surface area contributed by atoms with Crippen molar-refractivity contribution in [2.24, 2.45) is 0 Å². The van der Waals surface area contributed by atoms with Crippen LogP contribution in [-0.4, -0.2) is 40.9 Å². The SMILES string of the molecule is CC(C)(C)OC(=O)N1Cc2ccccc2CC1[C@H]1OC(=O)N[C@H]1Cc1cc(F)cc(F)c1. The normalized spacial score (nSPS) is 22.7. The second-order valence-electron chi connectivity index (χ2n) is 9.25. The van der Waals surface area contributed by atoms with Crippen LogP contribution < -0.4 is 5.32 Å². The van der Waals surface area contributed by atoms with Crippen LogP contribution in [-0.2, 0) is 28.9 Å². The number of rotatable bonds is 3. The fourth-order valence-corrected chi connectivity index (χ4v) is 4.33. The van der Waals surface area contributed by atoms with Crippen molar-refractivity contribution in [1.82, 2.24) is 10.2 Å². The highest BCUT2D eigenvalue weighted by atomic mass is 19.1. The first-order valence-corrected chi connectivity index (χ1v) is 10.6. The lowest BCUT2D eigenvalue weighted by Crippen LogP contribution is -2.55. The molecule has 32 heavy (non-hydrogen) atoms. The van der Waals surface area contributed by atoms with Crippen LogP contribution in [0.15, 0.2) is 42.5 Å². The molecule has 2 aliphatic rings. The Balaban J connectivity index is 1.64. The number of amides is 2. The Morgan fingerprint density at radius 1 is 1.16 bits per heavy atom. The van der Waals surface area contributed by atoms with Gasteiger partial charge >= 0.3 is 12.2 Å². The Bertz CT molecular complexity index is 1020. The van der Waals surface area contributed by atoms with Gasteiger partial charge in [-0.05, 0) is 62.4 Å². The molecule has 0 bridgehead atoms. The number of alkyl carbamates (subject to hydrolysis) is 1. The number of halogens is 2. The number of hydrogen-bond donors (Lipinski definition) is 1. The minimum Gasteiger partial charge on any atom is -0.444 e. The van der Waals surface area contributed by atoms with Gasteiger partial charge in [-0.3, -0.25) is 4.90 Å². The van der Waals surface area contributed by atoms with E-state index < -0.39 is 47.6 Å². The van der Waals surface area contributed by atoms with Gasteiger partial charge in [0.2, 0.25) is 0 Å². The maximum atomic E-state index is 13.7. The lowest BCUT2D eigenvalue weighted by atomic mass is 9.87. The molecule has 2 aromatic carbocycles. The minimum atomic E-state index is -0.713. The van der Waals surface area contributed by atoms with Gasteiger partial charge in [0, 0.05) is 12.6 Å². The zero-order valence-electron chi connectivity index (χ0n) is 18.2. The number of carbonyl (C=O) groups excluding carboxylic acids is 2. The zero-order chi connectivity index (χ0) is 23.0. The minimum absolute atomic E-state index is 0.158. The third-order valence-electron chi connectivity index (χ3n) is 5.62. The Labute approximate surface area is 185 Å². The van der Waals surface area contributed by atoms with Crippen molar-refractivity contribution in [2.75, 3.05) is 0 Å². The molecule has 0 spiro atoms. The van der Waals surface area contributed by atoms with Crippen molar-refractivity contribution in [1.29, 1.82) is 0 Å². The van der Waals surface area contributed by atoms with E-state index in [9.17, 15) is 18.4 Å². The van der Waals surface area contributed by atoms with Crippen LogP contribution in [0.4, 0.5) is 18.4 Å². The molecule has 2 aromatic rings. The van der Waals surface area contributed by atoms with E-state index in [1.807, 2.05) is 24.3 Å². The first-order chi connectivity index (χ1) is 15.1. The van der Waals surface area contributed by atoms with Crippen LogP contribution in [0, 0.1) is 11.6 Å². The lowest BCUT2D eigenvalue weighted by Gasteiger charge is -2.40. The third kappa shape index (κ3) is 4.84. The summed E-state index contributed by atoms with van der Waals surface area (Å²) in [4.78, 5) is 26.8. The Hall–Kier alpha value is -3.16. The van der Waals surface area contributed by atoms with E-state index in [4.69, 9.17) is 9.47 Å². The molecule has 4 rings (SSSR count). The average molecular weight is 444 g/mol. The van der Waals surface area contributed by atoms with Crippen LogP contribution in [0.1, 0.15) is 37.5 Å². The van der Waals surface area contributed by atoms with Gasteiger partial charge in [0.15, 0.2) is 0 Å². The van der Waals surface area contributed by atoms with E-state index in [-0.39, 0.29) is 6.42 Å². The molecule has 3 atom stereocenters. The number of nitrogens with zero attached hydrogens (tertiary/aromatic N) is 1. The van der Waals surface area contributed by atoms with Gasteiger partial charge in [0.1, 0.15) is 23.3 Å². The molecule has 1 saturated heterocycles. The molecule has 2 aliphatic heterocycles. The predicted octanol–water partition coefficient (Wildman–Crippen LogP) is 4.35. The number of cyclic esters (lactones) is 1. The van der Waals surface area contributed by atoms with E-state index in [1.165, 1.54) is 12.1 Å². The number of carbonyl (C=O) groups is 2. The summed E-state index contributed by atoms with van der Waals surface area (Å²) in [7, 11) is 0. The molecule has 8 heteroatoms. The first-order valence-electron chi connectivity index (χ1n) is 10.6. The van der Waals surface area contributed by atoms with Crippen molar-refractivity contribution >= 4 is 12.2 Å². The maximum absolute atomic E-state index is 13.7. The van der Waals surface area contributed by atoms with E-state index in [0.29, 0.717) is 18.5 Å². The van der Waals surface area contributed by atoms with Gasteiger partial charge in [0.25, 0.3) is 0 Å². The fourth-order valence-electron chi connectivity index (χ4n) is 4.33.